The predicted molar refractivity (Wildman–Crippen MR) is 69.4 cm³/mol. The van der Waals surface area contributed by atoms with Gasteiger partial charge < -0.3 is 19.8 Å². The average molecular weight is 265 g/mol. The van der Waals surface area contributed by atoms with E-state index in [9.17, 15) is 15.0 Å². The van der Waals surface area contributed by atoms with Crippen molar-refractivity contribution in [3.63, 3.8) is 0 Å². The van der Waals surface area contributed by atoms with Crippen LogP contribution in [0.1, 0.15) is 18.4 Å². The van der Waals surface area contributed by atoms with Crippen molar-refractivity contribution in [2.45, 2.75) is 31.7 Å². The number of nitrogens with zero attached hydrogens (tertiary/aromatic N) is 1. The molecule has 0 bridgehead atoms. The molecule has 0 saturated carbocycles. The fourth-order valence-corrected chi connectivity index (χ4v) is 2.10. The zero-order valence-corrected chi connectivity index (χ0v) is 10.7. The van der Waals surface area contributed by atoms with Crippen LogP contribution in [0.2, 0.25) is 0 Å². The number of likely N-dealkylation sites (tertiary alicyclic amines) is 1. The summed E-state index contributed by atoms with van der Waals surface area (Å²) in [5.41, 5.74) is 0.922. The van der Waals surface area contributed by atoms with E-state index in [4.69, 9.17) is 4.74 Å². The molecule has 1 fully saturated rings. The smallest absolute Gasteiger partial charge is 0.410 e. The Morgan fingerprint density at radius 3 is 2.74 bits per heavy atom. The van der Waals surface area contributed by atoms with Crippen molar-refractivity contribution >= 4 is 6.09 Å². The van der Waals surface area contributed by atoms with Crippen LogP contribution in [0.15, 0.2) is 30.3 Å². The van der Waals surface area contributed by atoms with Gasteiger partial charge in [-0.3, -0.25) is 0 Å². The highest BCUT2D eigenvalue weighted by Crippen LogP contribution is 2.13. The van der Waals surface area contributed by atoms with Gasteiger partial charge in [0, 0.05) is 6.54 Å². The van der Waals surface area contributed by atoms with Crippen molar-refractivity contribution in [2.75, 3.05) is 13.1 Å². The fraction of sp³-hybridized carbons (Fsp3) is 0.500. The molecule has 0 unspecified atom stereocenters. The van der Waals surface area contributed by atoms with Gasteiger partial charge in [-0.05, 0) is 18.4 Å². The maximum Gasteiger partial charge on any atom is 0.410 e. The van der Waals surface area contributed by atoms with Crippen molar-refractivity contribution in [1.29, 1.82) is 0 Å². The molecule has 19 heavy (non-hydrogen) atoms. The number of benzene rings is 1. The largest absolute Gasteiger partial charge is 0.445 e. The average Bonchev–Trinajstić information content (AvgIpc) is 2.60. The van der Waals surface area contributed by atoms with Gasteiger partial charge in [-0.25, -0.2) is 4.79 Å². The van der Waals surface area contributed by atoms with E-state index in [-0.39, 0.29) is 13.2 Å². The number of β-amino-alcohol motifs (C(OH)–C–C–N with tert-alkyl or cyclic N) is 1. The first-order valence-corrected chi connectivity index (χ1v) is 6.48. The van der Waals surface area contributed by atoms with Gasteiger partial charge in [0.15, 0.2) is 0 Å². The van der Waals surface area contributed by atoms with E-state index in [2.05, 4.69) is 0 Å². The first-order chi connectivity index (χ1) is 9.16. The van der Waals surface area contributed by atoms with Crippen LogP contribution in [-0.2, 0) is 11.3 Å². The highest BCUT2D eigenvalue weighted by molar-refractivity contribution is 5.67. The van der Waals surface area contributed by atoms with Crippen molar-refractivity contribution in [1.82, 2.24) is 4.90 Å². The third-order valence-electron chi connectivity index (χ3n) is 3.24. The number of hydrogen-bond donors (Lipinski definition) is 2. The lowest BCUT2D eigenvalue weighted by Crippen LogP contribution is -2.39. The second-order valence-electron chi connectivity index (χ2n) is 4.76. The molecule has 1 amide bonds. The van der Waals surface area contributed by atoms with Gasteiger partial charge in [-0.15, -0.1) is 0 Å². The molecule has 2 N–H and O–H groups in total. The Morgan fingerprint density at radius 1 is 1.26 bits per heavy atom. The minimum Gasteiger partial charge on any atom is -0.445 e. The highest BCUT2D eigenvalue weighted by atomic mass is 16.6. The predicted octanol–water partition coefficient (Wildman–Crippen LogP) is 1.14. The molecule has 5 nitrogen and oxygen atoms in total. The summed E-state index contributed by atoms with van der Waals surface area (Å²) in [6, 6.07) is 9.44. The molecule has 5 heteroatoms. The second-order valence-corrected chi connectivity index (χ2v) is 4.76. The summed E-state index contributed by atoms with van der Waals surface area (Å²) in [7, 11) is 0. The summed E-state index contributed by atoms with van der Waals surface area (Å²) in [6.07, 6.45) is -0.932. The number of aliphatic hydroxyl groups excluding tert-OH is 2. The van der Waals surface area contributed by atoms with Gasteiger partial charge in [0.2, 0.25) is 0 Å². The van der Waals surface area contributed by atoms with Crippen LogP contribution in [0.3, 0.4) is 0 Å². The van der Waals surface area contributed by atoms with E-state index >= 15 is 0 Å². The first-order valence-electron chi connectivity index (χ1n) is 6.48. The number of carbonyl (C=O) groups is 1. The molecule has 1 heterocycles. The quantitative estimate of drug-likeness (QED) is 0.841. The Kier molecular flexibility index (Phi) is 4.76. The molecule has 2 atom stereocenters. The van der Waals surface area contributed by atoms with Crippen LogP contribution in [0.4, 0.5) is 4.79 Å². The molecule has 0 aromatic heterocycles. The molecular weight excluding hydrogens is 246 g/mol. The van der Waals surface area contributed by atoms with Gasteiger partial charge in [-0.2, -0.15) is 0 Å². The lowest BCUT2D eigenvalue weighted by atomic mass is 10.1. The van der Waals surface area contributed by atoms with Crippen LogP contribution in [0.25, 0.3) is 0 Å². The Labute approximate surface area is 112 Å². The van der Waals surface area contributed by atoms with E-state index in [1.54, 1.807) is 0 Å². The third kappa shape index (κ3) is 3.94. The van der Waals surface area contributed by atoms with Crippen LogP contribution >= 0.6 is 0 Å². The van der Waals surface area contributed by atoms with Crippen molar-refractivity contribution in [3.8, 4) is 0 Å². The summed E-state index contributed by atoms with van der Waals surface area (Å²) in [5, 5.41) is 19.2. The Balaban J connectivity index is 1.85. The maximum absolute atomic E-state index is 11.9. The standard InChI is InChI=1S/C14H19NO4/c16-12-7-4-8-15(9-13(12)17)14(18)19-10-11-5-2-1-3-6-11/h1-3,5-6,12-13,16-17H,4,7-10H2/t12-,13+/m1/s1. The number of carbonyl (C=O) groups excluding carboxylic acids is 1. The lowest BCUT2D eigenvalue weighted by Gasteiger charge is -2.22. The molecule has 1 aromatic rings. The van der Waals surface area contributed by atoms with E-state index in [0.29, 0.717) is 19.4 Å². The van der Waals surface area contributed by atoms with Crippen LogP contribution < -0.4 is 0 Å². The van der Waals surface area contributed by atoms with Crippen LogP contribution in [-0.4, -0.2) is 46.5 Å². The normalized spacial score (nSPS) is 23.8. The number of hydrogen-bond acceptors (Lipinski definition) is 4. The van der Waals surface area contributed by atoms with Crippen molar-refractivity contribution in [2.24, 2.45) is 0 Å². The summed E-state index contributed by atoms with van der Waals surface area (Å²) >= 11 is 0. The Morgan fingerprint density at radius 2 is 2.00 bits per heavy atom. The van der Waals surface area contributed by atoms with E-state index < -0.39 is 18.3 Å². The van der Waals surface area contributed by atoms with Crippen LogP contribution in [0.5, 0.6) is 0 Å². The van der Waals surface area contributed by atoms with Crippen LogP contribution in [0, 0.1) is 0 Å². The van der Waals surface area contributed by atoms with E-state index in [1.807, 2.05) is 30.3 Å². The zero-order chi connectivity index (χ0) is 13.7. The highest BCUT2D eigenvalue weighted by Gasteiger charge is 2.27. The molecule has 0 spiro atoms. The molecule has 104 valence electrons. The third-order valence-corrected chi connectivity index (χ3v) is 3.24. The lowest BCUT2D eigenvalue weighted by molar-refractivity contribution is 0.00690. The van der Waals surface area contributed by atoms with Crippen molar-refractivity contribution < 1.29 is 19.7 Å². The SMILES string of the molecule is O=C(OCc1ccccc1)N1CCC[C@@H](O)[C@@H](O)C1. The summed E-state index contributed by atoms with van der Waals surface area (Å²) in [6.45, 7) is 0.839. The number of aliphatic hydroxyl groups is 2. The van der Waals surface area contributed by atoms with Gasteiger partial charge in [0.1, 0.15) is 6.61 Å². The molecule has 0 aliphatic carbocycles. The molecular formula is C14H19NO4. The molecule has 2 rings (SSSR count). The topological polar surface area (TPSA) is 70.0 Å². The fourth-order valence-electron chi connectivity index (χ4n) is 2.10. The zero-order valence-electron chi connectivity index (χ0n) is 10.7. The second kappa shape index (κ2) is 6.54. The first kappa shape index (κ1) is 13.8. The van der Waals surface area contributed by atoms with Crippen molar-refractivity contribution in [3.05, 3.63) is 35.9 Å². The van der Waals surface area contributed by atoms with E-state index in [0.717, 1.165) is 5.56 Å². The molecule has 1 aliphatic rings. The monoisotopic (exact) mass is 265 g/mol. The molecule has 0 radical (unpaired) electrons. The molecule has 1 aromatic carbocycles. The minimum absolute atomic E-state index is 0.120. The number of ether oxygens (including phenoxy) is 1. The summed E-state index contributed by atoms with van der Waals surface area (Å²) in [5.74, 6) is 0. The molecule has 1 aliphatic heterocycles. The van der Waals surface area contributed by atoms with Gasteiger partial charge >= 0.3 is 6.09 Å². The van der Waals surface area contributed by atoms with Gasteiger partial charge in [-0.1, -0.05) is 30.3 Å². The minimum atomic E-state index is -0.897. The summed E-state index contributed by atoms with van der Waals surface area (Å²) < 4.78 is 5.20. The van der Waals surface area contributed by atoms with E-state index in [1.165, 1.54) is 4.90 Å². The van der Waals surface area contributed by atoms with Gasteiger partial charge in [0.05, 0.1) is 18.8 Å². The summed E-state index contributed by atoms with van der Waals surface area (Å²) in [4.78, 5) is 13.3. The number of amides is 1. The molecule has 1 saturated heterocycles. The Hall–Kier alpha value is -1.59. The maximum atomic E-state index is 11.9. The van der Waals surface area contributed by atoms with Gasteiger partial charge in [0.25, 0.3) is 0 Å². The Bertz CT molecular complexity index is 409. The number of rotatable bonds is 2.